The summed E-state index contributed by atoms with van der Waals surface area (Å²) in [5, 5.41) is 3.18. The lowest BCUT2D eigenvalue weighted by atomic mass is 9.94. The van der Waals surface area contributed by atoms with E-state index in [4.69, 9.17) is 4.74 Å². The molecule has 1 aromatic carbocycles. The third kappa shape index (κ3) is 4.73. The molecule has 1 amide bonds. The van der Waals surface area contributed by atoms with Gasteiger partial charge in [0.1, 0.15) is 5.75 Å². The normalized spacial score (nSPS) is 17.3. The fraction of sp³-hybridized carbons (Fsp3) is 0.611. The fourth-order valence-corrected chi connectivity index (χ4v) is 2.67. The number of likely N-dealkylation sites (tertiary alicyclic amines) is 1. The molecule has 2 rings (SSSR count). The van der Waals surface area contributed by atoms with Gasteiger partial charge in [0.05, 0.1) is 7.11 Å². The maximum Gasteiger partial charge on any atom is 0.225 e. The highest BCUT2D eigenvalue weighted by molar-refractivity contribution is 5.81. The highest BCUT2D eigenvalue weighted by Crippen LogP contribution is 2.19. The number of carbonyl (C=O) groups excluding carboxylic acids is 1. The van der Waals surface area contributed by atoms with Crippen molar-refractivity contribution in [3.63, 3.8) is 0 Å². The van der Waals surface area contributed by atoms with E-state index in [1.807, 2.05) is 32.9 Å². The second kappa shape index (κ2) is 7.14. The van der Waals surface area contributed by atoms with Crippen LogP contribution >= 0.6 is 0 Å². The fourth-order valence-electron chi connectivity index (χ4n) is 2.67. The molecule has 4 nitrogen and oxygen atoms in total. The maximum atomic E-state index is 12.0. The van der Waals surface area contributed by atoms with Crippen molar-refractivity contribution in [1.82, 2.24) is 10.2 Å². The van der Waals surface area contributed by atoms with Crippen molar-refractivity contribution in [2.24, 2.45) is 5.41 Å². The van der Waals surface area contributed by atoms with Gasteiger partial charge in [-0.1, -0.05) is 32.9 Å². The summed E-state index contributed by atoms with van der Waals surface area (Å²) in [6.45, 7) is 8.86. The minimum absolute atomic E-state index is 0.152. The Bertz CT molecular complexity index is 500. The second-order valence-corrected chi connectivity index (χ2v) is 7.13. The summed E-state index contributed by atoms with van der Waals surface area (Å²) >= 11 is 0. The molecule has 0 spiro atoms. The van der Waals surface area contributed by atoms with E-state index in [1.54, 1.807) is 7.11 Å². The molecule has 1 heterocycles. The first-order valence-electron chi connectivity index (χ1n) is 8.05. The van der Waals surface area contributed by atoms with Crippen LogP contribution in [-0.4, -0.2) is 37.0 Å². The number of ether oxygens (including phenoxy) is 1. The van der Waals surface area contributed by atoms with Crippen molar-refractivity contribution >= 4 is 5.91 Å². The summed E-state index contributed by atoms with van der Waals surface area (Å²) in [6.07, 6.45) is 2.04. The number of benzene rings is 1. The molecule has 4 heteroatoms. The average Bonchev–Trinajstić information content (AvgIpc) is 2.48. The summed E-state index contributed by atoms with van der Waals surface area (Å²) in [5.74, 6) is 1.06. The minimum Gasteiger partial charge on any atom is -0.497 e. The minimum atomic E-state index is -0.308. The lowest BCUT2D eigenvalue weighted by Gasteiger charge is -2.33. The number of piperidine rings is 1. The van der Waals surface area contributed by atoms with E-state index in [9.17, 15) is 4.79 Å². The lowest BCUT2D eigenvalue weighted by Crippen LogP contribution is -2.47. The van der Waals surface area contributed by atoms with Gasteiger partial charge in [-0.25, -0.2) is 0 Å². The Morgan fingerprint density at radius 1 is 1.32 bits per heavy atom. The van der Waals surface area contributed by atoms with Gasteiger partial charge >= 0.3 is 0 Å². The summed E-state index contributed by atoms with van der Waals surface area (Å²) in [5.41, 5.74) is 0.967. The Hall–Kier alpha value is -1.55. The van der Waals surface area contributed by atoms with Gasteiger partial charge in [-0.2, -0.15) is 0 Å². The van der Waals surface area contributed by atoms with E-state index < -0.39 is 0 Å². The highest BCUT2D eigenvalue weighted by Gasteiger charge is 2.26. The number of methoxy groups -OCH3 is 1. The van der Waals surface area contributed by atoms with Crippen LogP contribution in [0.25, 0.3) is 0 Å². The van der Waals surface area contributed by atoms with Gasteiger partial charge in [-0.05, 0) is 30.5 Å². The molecule has 122 valence electrons. The zero-order valence-corrected chi connectivity index (χ0v) is 14.2. The van der Waals surface area contributed by atoms with E-state index in [1.165, 1.54) is 5.56 Å². The van der Waals surface area contributed by atoms with Crippen LogP contribution in [0.4, 0.5) is 0 Å². The van der Waals surface area contributed by atoms with Gasteiger partial charge in [0.25, 0.3) is 0 Å². The summed E-state index contributed by atoms with van der Waals surface area (Å²) in [7, 11) is 1.70. The third-order valence-corrected chi connectivity index (χ3v) is 4.14. The first-order valence-corrected chi connectivity index (χ1v) is 8.05. The smallest absolute Gasteiger partial charge is 0.225 e. The third-order valence-electron chi connectivity index (χ3n) is 4.14. The zero-order chi connectivity index (χ0) is 16.2. The Morgan fingerprint density at radius 3 is 2.59 bits per heavy atom. The standard InChI is InChI=1S/C18H28N2O2/c1-18(2,3)17(21)19-15-8-10-20(11-9-15)13-14-6-5-7-16(12-14)22-4/h5-7,12,15H,8-11,13H2,1-4H3,(H,19,21). The number of hydrogen-bond donors (Lipinski definition) is 1. The summed E-state index contributed by atoms with van der Waals surface area (Å²) in [4.78, 5) is 14.5. The molecule has 0 unspecified atom stereocenters. The number of rotatable bonds is 4. The molecule has 1 fully saturated rings. The van der Waals surface area contributed by atoms with E-state index >= 15 is 0 Å². The van der Waals surface area contributed by atoms with Gasteiger partial charge < -0.3 is 10.1 Å². The predicted molar refractivity (Wildman–Crippen MR) is 88.9 cm³/mol. The molecule has 0 atom stereocenters. The Balaban J connectivity index is 1.81. The van der Waals surface area contributed by atoms with Gasteiger partial charge in [0.2, 0.25) is 5.91 Å². The van der Waals surface area contributed by atoms with Crippen molar-refractivity contribution in [2.45, 2.75) is 46.2 Å². The Kier molecular flexibility index (Phi) is 5.46. The molecule has 0 bridgehead atoms. The van der Waals surface area contributed by atoms with Crippen molar-refractivity contribution in [1.29, 1.82) is 0 Å². The molecule has 1 aliphatic heterocycles. The average molecular weight is 304 g/mol. The van der Waals surface area contributed by atoms with Gasteiger partial charge in [-0.3, -0.25) is 9.69 Å². The molecular weight excluding hydrogens is 276 g/mol. The number of nitrogens with one attached hydrogen (secondary N) is 1. The molecule has 1 aromatic rings. The van der Waals surface area contributed by atoms with Crippen molar-refractivity contribution < 1.29 is 9.53 Å². The van der Waals surface area contributed by atoms with Crippen LogP contribution in [0.2, 0.25) is 0 Å². The molecule has 0 aromatic heterocycles. The Morgan fingerprint density at radius 2 is 2.00 bits per heavy atom. The van der Waals surface area contributed by atoms with E-state index in [-0.39, 0.29) is 11.3 Å². The summed E-state index contributed by atoms with van der Waals surface area (Å²) < 4.78 is 5.27. The van der Waals surface area contributed by atoms with Gasteiger partial charge in [0, 0.05) is 31.1 Å². The lowest BCUT2D eigenvalue weighted by molar-refractivity contribution is -0.129. The molecule has 0 saturated carbocycles. The van der Waals surface area contributed by atoms with Crippen LogP contribution in [0.1, 0.15) is 39.2 Å². The molecule has 1 saturated heterocycles. The van der Waals surface area contributed by atoms with Crippen LogP contribution < -0.4 is 10.1 Å². The van der Waals surface area contributed by atoms with Crippen molar-refractivity contribution in [3.05, 3.63) is 29.8 Å². The first kappa shape index (κ1) is 16.8. The van der Waals surface area contributed by atoms with Gasteiger partial charge in [-0.15, -0.1) is 0 Å². The predicted octanol–water partition coefficient (Wildman–Crippen LogP) is 2.82. The van der Waals surface area contributed by atoms with Crippen LogP contribution in [-0.2, 0) is 11.3 Å². The largest absolute Gasteiger partial charge is 0.497 e. The topological polar surface area (TPSA) is 41.6 Å². The van der Waals surface area contributed by atoms with Gasteiger partial charge in [0.15, 0.2) is 0 Å². The quantitative estimate of drug-likeness (QED) is 0.930. The van der Waals surface area contributed by atoms with E-state index in [0.717, 1.165) is 38.2 Å². The molecule has 0 aliphatic carbocycles. The van der Waals surface area contributed by atoms with E-state index in [0.29, 0.717) is 6.04 Å². The monoisotopic (exact) mass is 304 g/mol. The van der Waals surface area contributed by atoms with Crippen LogP contribution in [0.3, 0.4) is 0 Å². The van der Waals surface area contributed by atoms with Crippen molar-refractivity contribution in [2.75, 3.05) is 20.2 Å². The number of nitrogens with zero attached hydrogens (tertiary/aromatic N) is 1. The number of hydrogen-bond acceptors (Lipinski definition) is 3. The molecule has 0 radical (unpaired) electrons. The number of amides is 1. The van der Waals surface area contributed by atoms with Crippen LogP contribution in [0.15, 0.2) is 24.3 Å². The molecular formula is C18H28N2O2. The Labute approximate surface area is 133 Å². The number of carbonyl (C=O) groups is 1. The SMILES string of the molecule is COc1cccc(CN2CCC(NC(=O)C(C)(C)C)CC2)c1. The highest BCUT2D eigenvalue weighted by atomic mass is 16.5. The first-order chi connectivity index (χ1) is 10.4. The molecule has 1 N–H and O–H groups in total. The van der Waals surface area contributed by atoms with Crippen LogP contribution in [0.5, 0.6) is 5.75 Å². The molecule has 22 heavy (non-hydrogen) atoms. The zero-order valence-electron chi connectivity index (χ0n) is 14.2. The second-order valence-electron chi connectivity index (χ2n) is 7.13. The van der Waals surface area contributed by atoms with E-state index in [2.05, 4.69) is 22.3 Å². The maximum absolute atomic E-state index is 12.0. The van der Waals surface area contributed by atoms with Crippen molar-refractivity contribution in [3.8, 4) is 5.75 Å². The summed E-state index contributed by atoms with van der Waals surface area (Å²) in [6, 6.07) is 8.54. The van der Waals surface area contributed by atoms with Crippen LogP contribution in [0, 0.1) is 5.41 Å². The molecule has 1 aliphatic rings.